The van der Waals surface area contributed by atoms with E-state index < -0.39 is 23.4 Å². The fraction of sp³-hybridized carbons (Fsp3) is 0.370. The van der Waals surface area contributed by atoms with Crippen molar-refractivity contribution in [2.45, 2.75) is 32.5 Å². The zero-order valence-corrected chi connectivity index (χ0v) is 21.7. The first-order valence-corrected chi connectivity index (χ1v) is 12.1. The molecule has 1 amide bonds. The molecule has 1 aliphatic heterocycles. The highest BCUT2D eigenvalue weighted by molar-refractivity contribution is 5.70. The predicted octanol–water partition coefficient (Wildman–Crippen LogP) is 5.97. The molecular weight excluding hydrogens is 499 g/mol. The quantitative estimate of drug-likeness (QED) is 0.436. The van der Waals surface area contributed by atoms with Crippen LogP contribution < -0.4 is 15.0 Å². The number of nitrogens with zero attached hydrogens (tertiary/aromatic N) is 4. The lowest BCUT2D eigenvalue weighted by Crippen LogP contribution is -2.50. The van der Waals surface area contributed by atoms with Crippen LogP contribution in [0.2, 0.25) is 0 Å². The Morgan fingerprint density at radius 1 is 1.00 bits per heavy atom. The lowest BCUT2D eigenvalue weighted by atomic mass is 10.1. The van der Waals surface area contributed by atoms with Gasteiger partial charge in [0.25, 0.3) is 0 Å². The smallest absolute Gasteiger partial charge is 0.418 e. The summed E-state index contributed by atoms with van der Waals surface area (Å²) in [5, 5.41) is 2.89. The molecule has 0 radical (unpaired) electrons. The summed E-state index contributed by atoms with van der Waals surface area (Å²) in [4.78, 5) is 24.1. The van der Waals surface area contributed by atoms with E-state index in [0.29, 0.717) is 11.4 Å². The van der Waals surface area contributed by atoms with Crippen molar-refractivity contribution in [2.75, 3.05) is 43.5 Å². The number of carbonyl (C=O) groups is 1. The van der Waals surface area contributed by atoms with E-state index in [1.54, 1.807) is 44.9 Å². The average Bonchev–Trinajstić information content (AvgIpc) is 2.87. The van der Waals surface area contributed by atoms with Crippen molar-refractivity contribution >= 4 is 23.4 Å². The van der Waals surface area contributed by atoms with Crippen molar-refractivity contribution in [2.24, 2.45) is 0 Å². The molecule has 0 atom stereocenters. The largest absolute Gasteiger partial charge is 0.497 e. The van der Waals surface area contributed by atoms with Crippen LogP contribution in [-0.2, 0) is 10.9 Å². The third-order valence-corrected chi connectivity index (χ3v) is 5.85. The minimum atomic E-state index is -4.58. The topological polar surface area (TPSA) is 79.8 Å². The maximum absolute atomic E-state index is 14.1. The third kappa shape index (κ3) is 6.64. The Bertz CT molecular complexity index is 1290. The van der Waals surface area contributed by atoms with E-state index in [4.69, 9.17) is 9.47 Å². The molecule has 0 spiro atoms. The number of methoxy groups -OCH3 is 1. The van der Waals surface area contributed by atoms with Crippen LogP contribution >= 0.6 is 0 Å². The number of hydrogen-bond acceptors (Lipinski definition) is 7. The number of rotatable bonds is 5. The number of anilines is 3. The van der Waals surface area contributed by atoms with E-state index in [2.05, 4.69) is 15.3 Å². The first-order valence-electron chi connectivity index (χ1n) is 12.1. The summed E-state index contributed by atoms with van der Waals surface area (Å²) in [6.07, 6.45) is -3.52. The lowest BCUT2D eigenvalue weighted by Gasteiger charge is -2.37. The third-order valence-electron chi connectivity index (χ3n) is 5.85. The van der Waals surface area contributed by atoms with Gasteiger partial charge in [-0.15, -0.1) is 0 Å². The van der Waals surface area contributed by atoms with Gasteiger partial charge >= 0.3 is 12.3 Å². The van der Waals surface area contributed by atoms with Crippen LogP contribution in [0.3, 0.4) is 0 Å². The highest BCUT2D eigenvalue weighted by Crippen LogP contribution is 2.39. The molecule has 0 aliphatic carbocycles. The van der Waals surface area contributed by atoms with Crippen LogP contribution in [0.5, 0.6) is 5.75 Å². The molecule has 11 heteroatoms. The number of nitrogens with one attached hydrogen (secondary N) is 1. The summed E-state index contributed by atoms with van der Waals surface area (Å²) in [6.45, 7) is 6.33. The molecule has 0 bridgehead atoms. The highest BCUT2D eigenvalue weighted by atomic mass is 19.4. The Labute approximate surface area is 219 Å². The van der Waals surface area contributed by atoms with Gasteiger partial charge in [0, 0.05) is 49.3 Å². The predicted molar refractivity (Wildman–Crippen MR) is 139 cm³/mol. The monoisotopic (exact) mass is 529 g/mol. The van der Waals surface area contributed by atoms with Crippen LogP contribution in [0.25, 0.3) is 11.3 Å². The Balaban J connectivity index is 1.52. The summed E-state index contributed by atoms with van der Waals surface area (Å²) >= 11 is 0. The standard InChI is InChI=1S/C27H30F3N5O3/c1-26(2,3)38-25(36)35-14-12-34(13-15-35)23-9-8-19(17-21(23)27(28,29)30)32-24-31-11-10-22(33-24)18-6-5-7-20(16-18)37-4/h5-11,16-17H,12-15H2,1-4H3,(H,31,32,33). The Kier molecular flexibility index (Phi) is 7.66. The molecule has 0 unspecified atom stereocenters. The number of halogens is 3. The van der Waals surface area contributed by atoms with Crippen molar-refractivity contribution in [3.05, 3.63) is 60.3 Å². The molecule has 1 aromatic heterocycles. The van der Waals surface area contributed by atoms with Crippen molar-refractivity contribution in [3.8, 4) is 17.0 Å². The van der Waals surface area contributed by atoms with Gasteiger partial charge in [-0.3, -0.25) is 0 Å². The summed E-state index contributed by atoms with van der Waals surface area (Å²) < 4.78 is 52.9. The van der Waals surface area contributed by atoms with Gasteiger partial charge in [-0.05, 0) is 57.2 Å². The maximum Gasteiger partial charge on any atom is 0.418 e. The number of alkyl halides is 3. The summed E-state index contributed by atoms with van der Waals surface area (Å²) in [7, 11) is 1.56. The van der Waals surface area contributed by atoms with Gasteiger partial charge < -0.3 is 24.6 Å². The number of carbonyl (C=O) groups excluding carboxylic acids is 1. The van der Waals surface area contributed by atoms with Crippen molar-refractivity contribution < 1.29 is 27.4 Å². The van der Waals surface area contributed by atoms with E-state index in [-0.39, 0.29) is 43.5 Å². The van der Waals surface area contributed by atoms with Crippen LogP contribution in [-0.4, -0.2) is 59.9 Å². The molecule has 1 N–H and O–H groups in total. The van der Waals surface area contributed by atoms with Gasteiger partial charge in [0.2, 0.25) is 5.95 Å². The van der Waals surface area contributed by atoms with E-state index in [9.17, 15) is 18.0 Å². The Morgan fingerprint density at radius 3 is 2.39 bits per heavy atom. The van der Waals surface area contributed by atoms with E-state index in [1.807, 2.05) is 24.3 Å². The second-order valence-electron chi connectivity index (χ2n) is 9.81. The van der Waals surface area contributed by atoms with Crippen molar-refractivity contribution in [3.63, 3.8) is 0 Å². The van der Waals surface area contributed by atoms with Crippen molar-refractivity contribution in [1.29, 1.82) is 0 Å². The summed E-state index contributed by atoms with van der Waals surface area (Å²) in [5.74, 6) is 0.824. The minimum absolute atomic E-state index is 0.0536. The van der Waals surface area contributed by atoms with Gasteiger partial charge in [0.15, 0.2) is 0 Å². The van der Waals surface area contributed by atoms with Gasteiger partial charge in [-0.25, -0.2) is 14.8 Å². The SMILES string of the molecule is COc1cccc(-c2ccnc(Nc3ccc(N4CCN(C(=O)OC(C)(C)C)CC4)c(C(F)(F)F)c3)n2)c1. The molecule has 38 heavy (non-hydrogen) atoms. The summed E-state index contributed by atoms with van der Waals surface area (Å²) in [6, 6.07) is 13.1. The van der Waals surface area contributed by atoms with Gasteiger partial charge in [0.05, 0.1) is 18.4 Å². The number of benzene rings is 2. The molecular formula is C27H30F3N5O3. The molecule has 0 saturated carbocycles. The van der Waals surface area contributed by atoms with Gasteiger partial charge in [0.1, 0.15) is 11.4 Å². The number of amides is 1. The van der Waals surface area contributed by atoms with E-state index >= 15 is 0 Å². The fourth-order valence-electron chi connectivity index (χ4n) is 4.06. The molecule has 8 nitrogen and oxygen atoms in total. The van der Waals surface area contributed by atoms with E-state index in [1.165, 1.54) is 17.2 Å². The second kappa shape index (κ2) is 10.8. The number of ether oxygens (including phenoxy) is 2. The molecule has 1 fully saturated rings. The number of aromatic nitrogens is 2. The van der Waals surface area contributed by atoms with Crippen LogP contribution in [0, 0.1) is 0 Å². The maximum atomic E-state index is 14.1. The van der Waals surface area contributed by atoms with Crippen LogP contribution in [0.15, 0.2) is 54.7 Å². The normalized spacial score (nSPS) is 14.3. The molecule has 202 valence electrons. The minimum Gasteiger partial charge on any atom is -0.497 e. The molecule has 4 rings (SSSR count). The first-order chi connectivity index (χ1) is 17.9. The van der Waals surface area contributed by atoms with Gasteiger partial charge in [-0.2, -0.15) is 13.2 Å². The molecule has 2 aromatic carbocycles. The lowest BCUT2D eigenvalue weighted by molar-refractivity contribution is -0.137. The average molecular weight is 530 g/mol. The number of hydrogen-bond donors (Lipinski definition) is 1. The van der Waals surface area contributed by atoms with Crippen LogP contribution in [0.1, 0.15) is 26.3 Å². The second-order valence-corrected chi connectivity index (χ2v) is 9.81. The molecule has 1 aliphatic rings. The van der Waals surface area contributed by atoms with Crippen molar-refractivity contribution in [1.82, 2.24) is 14.9 Å². The van der Waals surface area contributed by atoms with Crippen LogP contribution in [0.4, 0.5) is 35.3 Å². The highest BCUT2D eigenvalue weighted by Gasteiger charge is 2.36. The van der Waals surface area contributed by atoms with E-state index in [0.717, 1.165) is 11.6 Å². The molecule has 1 saturated heterocycles. The van der Waals surface area contributed by atoms with Gasteiger partial charge in [-0.1, -0.05) is 12.1 Å². The zero-order chi connectivity index (χ0) is 27.5. The Hall–Kier alpha value is -4.02. The zero-order valence-electron chi connectivity index (χ0n) is 21.7. The Morgan fingerprint density at radius 2 is 1.74 bits per heavy atom. The fourth-order valence-corrected chi connectivity index (χ4v) is 4.06. The molecule has 2 heterocycles. The first kappa shape index (κ1) is 27.0. The number of piperazine rings is 1. The molecule has 3 aromatic rings. The summed E-state index contributed by atoms with van der Waals surface area (Å²) in [5.41, 5.74) is 0.215.